The van der Waals surface area contributed by atoms with Gasteiger partial charge in [-0.25, -0.2) is 14.1 Å². The number of aromatic nitrogens is 5. The molecule has 1 aromatic carbocycles. The van der Waals surface area contributed by atoms with E-state index in [9.17, 15) is 4.39 Å². The van der Waals surface area contributed by atoms with E-state index in [1.807, 2.05) is 42.9 Å². The number of nitrogens with zero attached hydrogens (tertiary/aromatic N) is 4. The van der Waals surface area contributed by atoms with Crippen molar-refractivity contribution in [3.8, 4) is 17.1 Å². The van der Waals surface area contributed by atoms with Gasteiger partial charge in [-0.2, -0.15) is 10.2 Å². The highest BCUT2D eigenvalue weighted by Crippen LogP contribution is 2.21. The Morgan fingerprint density at radius 3 is 2.54 bits per heavy atom. The molecule has 0 bridgehead atoms. The van der Waals surface area contributed by atoms with Crippen molar-refractivity contribution in [3.05, 3.63) is 83.2 Å². The van der Waals surface area contributed by atoms with Crippen LogP contribution in [0.15, 0.2) is 54.9 Å². The Hall–Kier alpha value is -3.32. The Bertz CT molecular complexity index is 1060. The molecule has 2 N–H and O–H groups in total. The van der Waals surface area contributed by atoms with Crippen LogP contribution in [0.4, 0.5) is 4.39 Å². The van der Waals surface area contributed by atoms with Crippen molar-refractivity contribution in [2.45, 2.75) is 26.9 Å². The standard InChI is InChI=1S/C21H21FN6/c1-14-9-15(2)28(27-14)20-8-3-16(11-24-20)10-23-12-18-13-25-26-21(18)17-4-6-19(22)7-5-17/h3-9,11,13,23H,10,12H2,1-2H3,(H,25,26). The Labute approximate surface area is 162 Å². The maximum absolute atomic E-state index is 13.1. The lowest BCUT2D eigenvalue weighted by Gasteiger charge is -2.08. The molecule has 4 aromatic rings. The third-order valence-corrected chi connectivity index (χ3v) is 4.53. The summed E-state index contributed by atoms with van der Waals surface area (Å²) in [6, 6.07) is 12.4. The molecule has 3 heterocycles. The van der Waals surface area contributed by atoms with Gasteiger partial charge in [0.2, 0.25) is 0 Å². The minimum Gasteiger partial charge on any atom is -0.308 e. The molecule has 0 saturated carbocycles. The zero-order valence-electron chi connectivity index (χ0n) is 15.8. The van der Waals surface area contributed by atoms with E-state index in [1.165, 1.54) is 12.1 Å². The fraction of sp³-hybridized carbons (Fsp3) is 0.190. The van der Waals surface area contributed by atoms with Gasteiger partial charge in [-0.1, -0.05) is 6.07 Å². The Kier molecular flexibility index (Phi) is 4.99. The second-order valence-corrected chi connectivity index (χ2v) is 6.74. The van der Waals surface area contributed by atoms with Crippen LogP contribution in [-0.4, -0.2) is 25.0 Å². The quantitative estimate of drug-likeness (QED) is 0.538. The van der Waals surface area contributed by atoms with Gasteiger partial charge < -0.3 is 5.32 Å². The molecule has 4 rings (SSSR count). The van der Waals surface area contributed by atoms with Crippen LogP contribution in [0.5, 0.6) is 0 Å². The van der Waals surface area contributed by atoms with E-state index < -0.39 is 0 Å². The SMILES string of the molecule is Cc1cc(C)n(-c2ccc(CNCc3cn[nH]c3-c3ccc(F)cc3)cn2)n1. The van der Waals surface area contributed by atoms with E-state index in [1.54, 1.807) is 18.3 Å². The van der Waals surface area contributed by atoms with E-state index in [0.717, 1.165) is 39.6 Å². The number of nitrogens with one attached hydrogen (secondary N) is 2. The molecule has 0 atom stereocenters. The summed E-state index contributed by atoms with van der Waals surface area (Å²) < 4.78 is 15.0. The monoisotopic (exact) mass is 376 g/mol. The molecular weight excluding hydrogens is 355 g/mol. The summed E-state index contributed by atoms with van der Waals surface area (Å²) >= 11 is 0. The number of hydrogen-bond acceptors (Lipinski definition) is 4. The average molecular weight is 376 g/mol. The van der Waals surface area contributed by atoms with Crippen molar-refractivity contribution in [1.82, 2.24) is 30.3 Å². The Morgan fingerprint density at radius 1 is 1.04 bits per heavy atom. The number of benzene rings is 1. The second-order valence-electron chi connectivity index (χ2n) is 6.74. The Balaban J connectivity index is 1.39. The number of rotatable bonds is 6. The molecule has 0 fully saturated rings. The van der Waals surface area contributed by atoms with Gasteiger partial charge in [-0.05, 0) is 55.8 Å². The number of H-pyrrole nitrogens is 1. The van der Waals surface area contributed by atoms with Crippen molar-refractivity contribution < 1.29 is 4.39 Å². The number of aromatic amines is 1. The molecule has 7 heteroatoms. The van der Waals surface area contributed by atoms with Crippen molar-refractivity contribution >= 4 is 0 Å². The molecular formula is C21H21FN6. The van der Waals surface area contributed by atoms with E-state index in [2.05, 4.69) is 25.6 Å². The molecule has 0 aliphatic rings. The summed E-state index contributed by atoms with van der Waals surface area (Å²) in [7, 11) is 0. The van der Waals surface area contributed by atoms with Gasteiger partial charge in [0.05, 0.1) is 17.6 Å². The predicted octanol–water partition coefficient (Wildman–Crippen LogP) is 3.70. The molecule has 0 radical (unpaired) electrons. The lowest BCUT2D eigenvalue weighted by atomic mass is 10.1. The van der Waals surface area contributed by atoms with Crippen LogP contribution < -0.4 is 5.32 Å². The topological polar surface area (TPSA) is 71.4 Å². The zero-order valence-corrected chi connectivity index (χ0v) is 15.8. The van der Waals surface area contributed by atoms with Crippen molar-refractivity contribution in [1.29, 1.82) is 0 Å². The van der Waals surface area contributed by atoms with Gasteiger partial charge in [-0.15, -0.1) is 0 Å². The minimum absolute atomic E-state index is 0.251. The van der Waals surface area contributed by atoms with Crippen LogP contribution in [0.2, 0.25) is 0 Å². The summed E-state index contributed by atoms with van der Waals surface area (Å²) in [5.74, 6) is 0.558. The smallest absolute Gasteiger partial charge is 0.153 e. The third kappa shape index (κ3) is 3.84. The van der Waals surface area contributed by atoms with Crippen LogP contribution in [0, 0.1) is 19.7 Å². The molecule has 0 saturated heterocycles. The van der Waals surface area contributed by atoms with Crippen molar-refractivity contribution in [3.63, 3.8) is 0 Å². The van der Waals surface area contributed by atoms with Gasteiger partial charge in [0, 0.05) is 36.1 Å². The maximum Gasteiger partial charge on any atom is 0.153 e. The summed E-state index contributed by atoms with van der Waals surface area (Å²) in [5, 5.41) is 15.0. The fourth-order valence-corrected chi connectivity index (χ4v) is 3.16. The maximum atomic E-state index is 13.1. The molecule has 0 spiro atoms. The minimum atomic E-state index is -0.251. The first-order chi connectivity index (χ1) is 13.6. The second kappa shape index (κ2) is 7.74. The van der Waals surface area contributed by atoms with Gasteiger partial charge in [0.15, 0.2) is 5.82 Å². The van der Waals surface area contributed by atoms with E-state index in [4.69, 9.17) is 0 Å². The first-order valence-electron chi connectivity index (χ1n) is 9.07. The van der Waals surface area contributed by atoms with Crippen molar-refractivity contribution in [2.75, 3.05) is 0 Å². The number of hydrogen-bond donors (Lipinski definition) is 2. The Morgan fingerprint density at radius 2 is 1.86 bits per heavy atom. The van der Waals surface area contributed by atoms with Crippen molar-refractivity contribution in [2.24, 2.45) is 0 Å². The summed E-state index contributed by atoms with van der Waals surface area (Å²) in [6.45, 7) is 5.31. The fourth-order valence-electron chi connectivity index (χ4n) is 3.16. The molecule has 0 aliphatic heterocycles. The van der Waals surface area contributed by atoms with Crippen LogP contribution in [0.25, 0.3) is 17.1 Å². The highest BCUT2D eigenvalue weighted by molar-refractivity contribution is 5.62. The first-order valence-corrected chi connectivity index (χ1v) is 9.07. The van der Waals surface area contributed by atoms with Gasteiger partial charge in [0.1, 0.15) is 5.82 Å². The first kappa shape index (κ1) is 18.1. The summed E-state index contributed by atoms with van der Waals surface area (Å²) in [5.41, 5.74) is 5.94. The summed E-state index contributed by atoms with van der Waals surface area (Å²) in [4.78, 5) is 4.52. The van der Waals surface area contributed by atoms with E-state index in [-0.39, 0.29) is 5.82 Å². The molecule has 6 nitrogen and oxygen atoms in total. The van der Waals surface area contributed by atoms with E-state index >= 15 is 0 Å². The van der Waals surface area contributed by atoms with Gasteiger partial charge in [0.25, 0.3) is 0 Å². The van der Waals surface area contributed by atoms with Gasteiger partial charge >= 0.3 is 0 Å². The lowest BCUT2D eigenvalue weighted by molar-refractivity contribution is 0.628. The van der Waals surface area contributed by atoms with Crippen LogP contribution in [-0.2, 0) is 13.1 Å². The van der Waals surface area contributed by atoms with E-state index in [0.29, 0.717) is 13.1 Å². The molecule has 3 aromatic heterocycles. The van der Waals surface area contributed by atoms with Crippen LogP contribution >= 0.6 is 0 Å². The molecule has 142 valence electrons. The van der Waals surface area contributed by atoms with Gasteiger partial charge in [-0.3, -0.25) is 5.10 Å². The molecule has 0 aliphatic carbocycles. The highest BCUT2D eigenvalue weighted by atomic mass is 19.1. The van der Waals surface area contributed by atoms with Crippen LogP contribution in [0.1, 0.15) is 22.5 Å². The van der Waals surface area contributed by atoms with Crippen LogP contribution in [0.3, 0.4) is 0 Å². The molecule has 0 amide bonds. The lowest BCUT2D eigenvalue weighted by Crippen LogP contribution is -2.13. The number of aryl methyl sites for hydroxylation is 2. The largest absolute Gasteiger partial charge is 0.308 e. The number of pyridine rings is 1. The summed E-state index contributed by atoms with van der Waals surface area (Å²) in [6.07, 6.45) is 3.64. The average Bonchev–Trinajstić information content (AvgIpc) is 3.29. The zero-order chi connectivity index (χ0) is 19.5. The molecule has 0 unspecified atom stereocenters. The molecule has 28 heavy (non-hydrogen) atoms. The highest BCUT2D eigenvalue weighted by Gasteiger charge is 2.08. The number of halogens is 1. The third-order valence-electron chi connectivity index (χ3n) is 4.53. The predicted molar refractivity (Wildman–Crippen MR) is 105 cm³/mol. The normalized spacial score (nSPS) is 11.1.